The summed E-state index contributed by atoms with van der Waals surface area (Å²) in [4.78, 5) is 2.36. The molecule has 0 radical (unpaired) electrons. The Bertz CT molecular complexity index is 472. The molecule has 2 heterocycles. The van der Waals surface area contributed by atoms with Gasteiger partial charge in [0.15, 0.2) is 5.79 Å². The van der Waals surface area contributed by atoms with Gasteiger partial charge in [-0.05, 0) is 19.0 Å². The number of likely N-dealkylation sites (tertiary alicyclic amines) is 1. The van der Waals surface area contributed by atoms with E-state index >= 15 is 0 Å². The topological polar surface area (TPSA) is 57.0 Å². The minimum absolute atomic E-state index is 0.376. The fourth-order valence-corrected chi connectivity index (χ4v) is 3.07. The zero-order valence-corrected chi connectivity index (χ0v) is 11.9. The van der Waals surface area contributed by atoms with E-state index in [1.54, 1.807) is 7.11 Å². The van der Waals surface area contributed by atoms with Gasteiger partial charge in [0.05, 0.1) is 26.9 Å². The van der Waals surface area contributed by atoms with Gasteiger partial charge in [0, 0.05) is 30.3 Å². The third-order valence-electron chi connectivity index (χ3n) is 4.02. The van der Waals surface area contributed by atoms with Crippen molar-refractivity contribution in [3.63, 3.8) is 0 Å². The summed E-state index contributed by atoms with van der Waals surface area (Å²) in [6, 6.07) is 5.82. The van der Waals surface area contributed by atoms with E-state index in [-0.39, 0.29) is 5.79 Å². The Labute approximate surface area is 119 Å². The summed E-state index contributed by atoms with van der Waals surface area (Å²) in [6.07, 6.45) is 2.08. The lowest BCUT2D eigenvalue weighted by molar-refractivity contribution is -0.190. The van der Waals surface area contributed by atoms with Gasteiger partial charge in [-0.2, -0.15) is 0 Å². The second-order valence-electron chi connectivity index (χ2n) is 5.49. The number of ether oxygens (including phenoxy) is 3. The Kier molecular flexibility index (Phi) is 3.83. The SMILES string of the molecule is COc1cc(N)ccc1CN1CCCC2(C1)OCCO2. The van der Waals surface area contributed by atoms with Crippen molar-refractivity contribution in [1.82, 2.24) is 4.90 Å². The first-order chi connectivity index (χ1) is 9.71. The highest BCUT2D eigenvalue weighted by Gasteiger charge is 2.40. The molecule has 3 rings (SSSR count). The fourth-order valence-electron chi connectivity index (χ4n) is 3.07. The molecule has 2 fully saturated rings. The number of anilines is 1. The second kappa shape index (κ2) is 5.60. The van der Waals surface area contributed by atoms with Crippen LogP contribution in [0.2, 0.25) is 0 Å². The Morgan fingerprint density at radius 1 is 1.35 bits per heavy atom. The van der Waals surface area contributed by atoms with Crippen molar-refractivity contribution in [2.24, 2.45) is 0 Å². The monoisotopic (exact) mass is 278 g/mol. The summed E-state index contributed by atoms with van der Waals surface area (Å²) in [5.41, 5.74) is 7.67. The standard InChI is InChI=1S/C15H22N2O3/c1-18-14-9-13(16)4-3-12(14)10-17-6-2-5-15(11-17)19-7-8-20-15/h3-4,9H,2,5-8,10-11,16H2,1H3. The predicted octanol–water partition coefficient (Wildman–Crippen LogP) is 1.62. The van der Waals surface area contributed by atoms with Gasteiger partial charge < -0.3 is 19.9 Å². The van der Waals surface area contributed by atoms with Crippen molar-refractivity contribution in [2.45, 2.75) is 25.2 Å². The molecule has 0 amide bonds. The van der Waals surface area contributed by atoms with Crippen molar-refractivity contribution in [2.75, 3.05) is 39.1 Å². The van der Waals surface area contributed by atoms with Gasteiger partial charge in [-0.25, -0.2) is 0 Å². The zero-order chi connectivity index (χ0) is 14.0. The van der Waals surface area contributed by atoms with Crippen molar-refractivity contribution in [1.29, 1.82) is 0 Å². The molecule has 2 aliphatic heterocycles. The smallest absolute Gasteiger partial charge is 0.181 e. The molecule has 0 aliphatic carbocycles. The molecular formula is C15H22N2O3. The number of methoxy groups -OCH3 is 1. The molecule has 0 atom stereocenters. The van der Waals surface area contributed by atoms with Crippen LogP contribution < -0.4 is 10.5 Å². The third-order valence-corrected chi connectivity index (χ3v) is 4.02. The van der Waals surface area contributed by atoms with E-state index in [1.807, 2.05) is 18.2 Å². The number of hydrogen-bond donors (Lipinski definition) is 1. The molecule has 1 aromatic carbocycles. The fraction of sp³-hybridized carbons (Fsp3) is 0.600. The number of nitrogen functional groups attached to an aromatic ring is 1. The zero-order valence-electron chi connectivity index (χ0n) is 11.9. The van der Waals surface area contributed by atoms with Gasteiger partial charge in [0.1, 0.15) is 5.75 Å². The summed E-state index contributed by atoms with van der Waals surface area (Å²) < 4.78 is 17.0. The molecule has 2 N–H and O–H groups in total. The van der Waals surface area contributed by atoms with Crippen LogP contribution in [0.1, 0.15) is 18.4 Å². The Morgan fingerprint density at radius 2 is 2.15 bits per heavy atom. The summed E-state index contributed by atoms with van der Waals surface area (Å²) in [6.45, 7) is 4.12. The van der Waals surface area contributed by atoms with Crippen LogP contribution >= 0.6 is 0 Å². The highest BCUT2D eigenvalue weighted by atomic mass is 16.7. The van der Waals surface area contributed by atoms with E-state index < -0.39 is 0 Å². The van der Waals surface area contributed by atoms with Gasteiger partial charge in [0.25, 0.3) is 0 Å². The van der Waals surface area contributed by atoms with Crippen molar-refractivity contribution >= 4 is 5.69 Å². The third kappa shape index (κ3) is 2.75. The molecule has 0 bridgehead atoms. The van der Waals surface area contributed by atoms with Gasteiger partial charge in [-0.15, -0.1) is 0 Å². The first-order valence-corrected chi connectivity index (χ1v) is 7.13. The van der Waals surface area contributed by atoms with E-state index in [0.29, 0.717) is 13.2 Å². The molecule has 2 saturated heterocycles. The number of nitrogens with zero attached hydrogens (tertiary/aromatic N) is 1. The number of benzene rings is 1. The van der Waals surface area contributed by atoms with E-state index in [1.165, 1.54) is 0 Å². The molecular weight excluding hydrogens is 256 g/mol. The molecule has 1 aromatic rings. The summed E-state index contributed by atoms with van der Waals surface area (Å²) in [5, 5.41) is 0. The molecule has 2 aliphatic rings. The van der Waals surface area contributed by atoms with Crippen LogP contribution in [0.3, 0.4) is 0 Å². The minimum atomic E-state index is -0.376. The number of piperidine rings is 1. The van der Waals surface area contributed by atoms with E-state index in [4.69, 9.17) is 19.9 Å². The van der Waals surface area contributed by atoms with E-state index in [0.717, 1.165) is 49.5 Å². The molecule has 20 heavy (non-hydrogen) atoms. The number of rotatable bonds is 3. The van der Waals surface area contributed by atoms with Crippen molar-refractivity contribution in [3.8, 4) is 5.75 Å². The molecule has 5 heteroatoms. The highest BCUT2D eigenvalue weighted by Crippen LogP contribution is 2.32. The van der Waals surface area contributed by atoms with Crippen LogP contribution in [0.4, 0.5) is 5.69 Å². The van der Waals surface area contributed by atoms with Crippen LogP contribution in [0.25, 0.3) is 0 Å². The Morgan fingerprint density at radius 3 is 2.90 bits per heavy atom. The average molecular weight is 278 g/mol. The first-order valence-electron chi connectivity index (χ1n) is 7.13. The number of nitrogens with two attached hydrogens (primary N) is 1. The summed E-state index contributed by atoms with van der Waals surface area (Å²) >= 11 is 0. The first kappa shape index (κ1) is 13.7. The molecule has 1 spiro atoms. The maximum atomic E-state index is 5.81. The largest absolute Gasteiger partial charge is 0.496 e. The van der Waals surface area contributed by atoms with Crippen LogP contribution in [0.5, 0.6) is 5.75 Å². The number of hydrogen-bond acceptors (Lipinski definition) is 5. The maximum Gasteiger partial charge on any atom is 0.181 e. The average Bonchev–Trinajstić information content (AvgIpc) is 2.89. The molecule has 0 unspecified atom stereocenters. The van der Waals surface area contributed by atoms with Gasteiger partial charge >= 0.3 is 0 Å². The van der Waals surface area contributed by atoms with E-state index in [9.17, 15) is 0 Å². The minimum Gasteiger partial charge on any atom is -0.496 e. The normalized spacial score (nSPS) is 22.2. The van der Waals surface area contributed by atoms with Crippen LogP contribution in [0.15, 0.2) is 18.2 Å². The molecule has 5 nitrogen and oxygen atoms in total. The summed E-state index contributed by atoms with van der Waals surface area (Å²) in [7, 11) is 1.68. The second-order valence-corrected chi connectivity index (χ2v) is 5.49. The van der Waals surface area contributed by atoms with E-state index in [2.05, 4.69) is 4.90 Å². The van der Waals surface area contributed by atoms with Crippen LogP contribution in [-0.4, -0.2) is 44.1 Å². The predicted molar refractivity (Wildman–Crippen MR) is 76.6 cm³/mol. The lowest BCUT2D eigenvalue weighted by atomic mass is 10.0. The maximum absolute atomic E-state index is 5.81. The molecule has 110 valence electrons. The highest BCUT2D eigenvalue weighted by molar-refractivity contribution is 5.48. The van der Waals surface area contributed by atoms with Crippen molar-refractivity contribution in [3.05, 3.63) is 23.8 Å². The Hall–Kier alpha value is -1.30. The molecule has 0 aromatic heterocycles. The lowest BCUT2D eigenvalue weighted by Crippen LogP contribution is -2.48. The summed E-state index contributed by atoms with van der Waals surface area (Å²) in [5.74, 6) is 0.470. The van der Waals surface area contributed by atoms with Gasteiger partial charge in [-0.3, -0.25) is 4.90 Å². The molecule has 0 saturated carbocycles. The van der Waals surface area contributed by atoms with Gasteiger partial charge in [0.2, 0.25) is 0 Å². The quantitative estimate of drug-likeness (QED) is 0.851. The van der Waals surface area contributed by atoms with Crippen LogP contribution in [0, 0.1) is 0 Å². The lowest BCUT2D eigenvalue weighted by Gasteiger charge is -2.38. The van der Waals surface area contributed by atoms with Gasteiger partial charge in [-0.1, -0.05) is 6.07 Å². The van der Waals surface area contributed by atoms with Crippen molar-refractivity contribution < 1.29 is 14.2 Å². The van der Waals surface area contributed by atoms with Crippen LogP contribution in [-0.2, 0) is 16.0 Å². The Balaban J connectivity index is 1.71.